The fraction of sp³-hybridized carbons (Fsp3) is 0.176. The van der Waals surface area contributed by atoms with Gasteiger partial charge in [0.1, 0.15) is 0 Å². The Labute approximate surface area is 165 Å². The smallest absolute Gasteiger partial charge is 0.545 e. The molecule has 2 aromatic carbocycles. The van der Waals surface area contributed by atoms with Crippen molar-refractivity contribution >= 4 is 34.3 Å². The molecule has 0 amide bonds. The Balaban J connectivity index is 0.00000242. The minimum Gasteiger partial charge on any atom is -0.545 e. The monoisotopic (exact) mass is 416 g/mol. The van der Waals surface area contributed by atoms with Crippen molar-refractivity contribution in [3.8, 4) is 0 Å². The number of hydrogen-bond acceptors (Lipinski definition) is 3. The minimum absolute atomic E-state index is 0. The van der Waals surface area contributed by atoms with Crippen LogP contribution in [0.3, 0.4) is 0 Å². The first kappa shape index (κ1) is 19.4. The second-order valence-electron chi connectivity index (χ2n) is 5.06. The van der Waals surface area contributed by atoms with Crippen molar-refractivity contribution in [3.63, 3.8) is 0 Å². The van der Waals surface area contributed by atoms with E-state index in [4.69, 9.17) is 0 Å². The first-order valence-electron chi connectivity index (χ1n) is 6.44. The van der Waals surface area contributed by atoms with E-state index in [0.717, 1.165) is 9.13 Å². The molecule has 5 heteroatoms. The van der Waals surface area contributed by atoms with Crippen LogP contribution in [-0.4, -0.2) is 11.8 Å². The van der Waals surface area contributed by atoms with Crippen LogP contribution < -0.4 is 34.7 Å². The molecule has 0 unspecified atom stereocenters. The molecular weight excluding hydrogens is 402 g/mol. The van der Waals surface area contributed by atoms with Crippen LogP contribution in [0.1, 0.15) is 43.0 Å². The third-order valence-corrected chi connectivity index (χ3v) is 4.11. The number of hydrogen-bond donors (Lipinski definition) is 0. The average molecular weight is 416 g/mol. The van der Waals surface area contributed by atoms with Gasteiger partial charge in [0, 0.05) is 14.7 Å². The van der Waals surface area contributed by atoms with E-state index in [2.05, 4.69) is 22.6 Å². The summed E-state index contributed by atoms with van der Waals surface area (Å²) in [6, 6.07) is 8.68. The van der Waals surface area contributed by atoms with Gasteiger partial charge in [-0.05, 0) is 89.9 Å². The van der Waals surface area contributed by atoms with Crippen LogP contribution in [0.5, 0.6) is 0 Å². The van der Waals surface area contributed by atoms with Crippen molar-refractivity contribution in [2.45, 2.75) is 20.8 Å². The van der Waals surface area contributed by atoms with Gasteiger partial charge in [-0.1, -0.05) is 6.07 Å². The van der Waals surface area contributed by atoms with Gasteiger partial charge < -0.3 is 9.90 Å². The molecule has 3 nitrogen and oxygen atoms in total. The number of benzene rings is 2. The van der Waals surface area contributed by atoms with Crippen LogP contribution in [0.4, 0.5) is 0 Å². The molecule has 0 aliphatic carbocycles. The maximum absolute atomic E-state index is 12.8. The van der Waals surface area contributed by atoms with Gasteiger partial charge in [0.25, 0.3) is 0 Å². The zero-order valence-electron chi connectivity index (χ0n) is 13.0. The zero-order valence-corrected chi connectivity index (χ0v) is 17.1. The Morgan fingerprint density at radius 2 is 1.50 bits per heavy atom. The molecule has 0 aliphatic rings. The van der Waals surface area contributed by atoms with Crippen molar-refractivity contribution < 1.29 is 44.3 Å². The second-order valence-corrected chi connectivity index (χ2v) is 6.31. The van der Waals surface area contributed by atoms with Crippen molar-refractivity contribution in [3.05, 3.63) is 67.3 Å². The number of carboxylic acids is 1. The molecule has 0 saturated carbocycles. The first-order valence-corrected chi connectivity index (χ1v) is 7.52. The summed E-state index contributed by atoms with van der Waals surface area (Å²) < 4.78 is 0.989. The Kier molecular flexibility index (Phi) is 6.80. The number of rotatable bonds is 3. The van der Waals surface area contributed by atoms with E-state index in [1.165, 1.54) is 12.1 Å². The Morgan fingerprint density at radius 3 is 2.00 bits per heavy atom. The van der Waals surface area contributed by atoms with Crippen molar-refractivity contribution in [2.24, 2.45) is 0 Å². The van der Waals surface area contributed by atoms with E-state index in [-0.39, 0.29) is 40.9 Å². The number of ketones is 1. The van der Waals surface area contributed by atoms with E-state index in [1.807, 2.05) is 25.1 Å². The number of carboxylic acid groups (broad SMARTS) is 1. The molecule has 0 fully saturated rings. The molecule has 0 atom stereocenters. The van der Waals surface area contributed by atoms with Gasteiger partial charge in [-0.15, -0.1) is 0 Å². The number of halogens is 1. The summed E-state index contributed by atoms with van der Waals surface area (Å²) in [5.74, 6) is -1.31. The molecule has 22 heavy (non-hydrogen) atoms. The third kappa shape index (κ3) is 3.98. The van der Waals surface area contributed by atoms with Gasteiger partial charge in [-0.3, -0.25) is 4.79 Å². The maximum atomic E-state index is 12.8. The molecule has 0 saturated heterocycles. The van der Waals surface area contributed by atoms with Gasteiger partial charge in [-0.25, -0.2) is 0 Å². The summed E-state index contributed by atoms with van der Waals surface area (Å²) in [6.45, 7) is 5.38. The van der Waals surface area contributed by atoms with Crippen molar-refractivity contribution in [2.75, 3.05) is 0 Å². The van der Waals surface area contributed by atoms with E-state index in [1.54, 1.807) is 13.8 Å². The molecule has 0 aromatic heterocycles. The molecule has 0 bridgehead atoms. The summed E-state index contributed by atoms with van der Waals surface area (Å²) in [5.41, 5.74) is 3.51. The van der Waals surface area contributed by atoms with Gasteiger partial charge in [0.2, 0.25) is 0 Å². The Hall–Kier alpha value is -0.690. The van der Waals surface area contributed by atoms with E-state index < -0.39 is 5.97 Å². The average Bonchev–Trinajstić information content (AvgIpc) is 2.40. The van der Waals surface area contributed by atoms with Gasteiger partial charge in [0.05, 0.1) is 5.97 Å². The fourth-order valence-corrected chi connectivity index (χ4v) is 2.90. The van der Waals surface area contributed by atoms with Gasteiger partial charge >= 0.3 is 29.6 Å². The summed E-state index contributed by atoms with van der Waals surface area (Å²) in [7, 11) is 0. The van der Waals surface area contributed by atoms with E-state index in [9.17, 15) is 14.7 Å². The summed E-state index contributed by atoms with van der Waals surface area (Å²) in [5, 5.41) is 11.0. The molecule has 0 heterocycles. The van der Waals surface area contributed by atoms with Gasteiger partial charge in [-0.2, -0.15) is 0 Å². The minimum atomic E-state index is -1.23. The van der Waals surface area contributed by atoms with Crippen LogP contribution in [0.15, 0.2) is 30.3 Å². The van der Waals surface area contributed by atoms with Crippen LogP contribution in [0, 0.1) is 24.3 Å². The molecule has 2 rings (SSSR count). The summed E-state index contributed by atoms with van der Waals surface area (Å²) in [4.78, 5) is 23.7. The standard InChI is InChI=1S/C17H15IO3.Na/c1-9-4-5-13(18)8-14(9)16(19)15-10(2)6-12(17(20)21)7-11(15)3;/h4-8H,1-3H3,(H,20,21);/q;+1/p-1. The Bertz CT molecular complexity index is 731. The quantitative estimate of drug-likeness (QED) is 0.396. The number of carbonyl (C=O) groups is 2. The van der Waals surface area contributed by atoms with E-state index in [0.29, 0.717) is 22.3 Å². The van der Waals surface area contributed by atoms with Gasteiger partial charge in [0.15, 0.2) is 5.78 Å². The number of carbonyl (C=O) groups excluding carboxylic acids is 2. The molecule has 0 aliphatic heterocycles. The van der Waals surface area contributed by atoms with Crippen LogP contribution >= 0.6 is 22.6 Å². The SMILES string of the molecule is Cc1ccc(I)cc1C(=O)c1c(C)cc(C(=O)[O-])cc1C.[Na+]. The molecule has 0 radical (unpaired) electrons. The first-order chi connectivity index (χ1) is 9.81. The van der Waals surface area contributed by atoms with Crippen molar-refractivity contribution in [1.29, 1.82) is 0 Å². The number of aromatic carboxylic acids is 1. The predicted molar refractivity (Wildman–Crippen MR) is 87.6 cm³/mol. The molecule has 108 valence electrons. The number of aryl methyl sites for hydroxylation is 3. The molecule has 2 aromatic rings. The zero-order chi connectivity index (χ0) is 15.7. The Morgan fingerprint density at radius 1 is 0.955 bits per heavy atom. The largest absolute Gasteiger partial charge is 1.00 e. The van der Waals surface area contributed by atoms with Crippen molar-refractivity contribution in [1.82, 2.24) is 0 Å². The normalized spacial score (nSPS) is 10.0. The summed E-state index contributed by atoms with van der Waals surface area (Å²) >= 11 is 2.17. The van der Waals surface area contributed by atoms with E-state index >= 15 is 0 Å². The van der Waals surface area contributed by atoms with Crippen LogP contribution in [0.25, 0.3) is 0 Å². The maximum Gasteiger partial charge on any atom is 1.00 e. The third-order valence-electron chi connectivity index (χ3n) is 3.44. The fourth-order valence-electron chi connectivity index (χ4n) is 2.41. The topological polar surface area (TPSA) is 57.2 Å². The van der Waals surface area contributed by atoms with Crippen LogP contribution in [0.2, 0.25) is 0 Å². The predicted octanol–water partition coefficient (Wildman–Crippen LogP) is -0.185. The molecule has 0 N–H and O–H groups in total. The summed E-state index contributed by atoms with van der Waals surface area (Å²) in [6.07, 6.45) is 0. The van der Waals surface area contributed by atoms with Crippen LogP contribution in [-0.2, 0) is 0 Å². The second kappa shape index (κ2) is 7.73. The molecular formula is C17H14INaO3. The molecule has 0 spiro atoms.